The minimum atomic E-state index is -3.69. The zero-order chi connectivity index (χ0) is 17.0. The molecule has 0 aliphatic rings. The molecule has 2 rings (SSSR count). The van der Waals surface area contributed by atoms with Crippen molar-refractivity contribution in [2.75, 3.05) is 13.2 Å². The molecule has 0 saturated carbocycles. The highest BCUT2D eigenvalue weighted by Gasteiger charge is 2.35. The van der Waals surface area contributed by atoms with Gasteiger partial charge in [-0.2, -0.15) is 0 Å². The Hall–Kier alpha value is -1.88. The van der Waals surface area contributed by atoms with Crippen molar-refractivity contribution in [3.05, 3.63) is 47.8 Å². The molecule has 1 heterocycles. The number of benzene rings is 1. The molecule has 2 aromatic rings. The van der Waals surface area contributed by atoms with E-state index in [0.717, 1.165) is 5.69 Å². The van der Waals surface area contributed by atoms with E-state index in [9.17, 15) is 14.5 Å². The van der Waals surface area contributed by atoms with Gasteiger partial charge in [-0.15, -0.1) is 0 Å². The monoisotopic (exact) mass is 337 g/mol. The van der Waals surface area contributed by atoms with E-state index in [4.69, 9.17) is 9.05 Å². The molecular formula is C16H20NO5P. The zero-order valence-corrected chi connectivity index (χ0v) is 14.2. The maximum absolute atomic E-state index is 13.0. The van der Waals surface area contributed by atoms with E-state index < -0.39 is 13.6 Å². The molecule has 0 unspecified atom stereocenters. The highest BCUT2D eigenvalue weighted by atomic mass is 31.2. The summed E-state index contributed by atoms with van der Waals surface area (Å²) in [7, 11) is -3.69. The van der Waals surface area contributed by atoms with Crippen LogP contribution in [-0.2, 0) is 13.6 Å². The van der Waals surface area contributed by atoms with Gasteiger partial charge in [0.25, 0.3) is 0 Å². The van der Waals surface area contributed by atoms with Gasteiger partial charge in [0.2, 0.25) is 0 Å². The topological polar surface area (TPSA) is 77.8 Å². The van der Waals surface area contributed by atoms with Crippen LogP contribution in [0.15, 0.2) is 36.5 Å². The summed E-state index contributed by atoms with van der Waals surface area (Å²) in [6, 6.07) is 9.25. The Labute approximate surface area is 135 Å². The average Bonchev–Trinajstić information content (AvgIpc) is 2.87. The fourth-order valence-corrected chi connectivity index (χ4v) is 4.26. The van der Waals surface area contributed by atoms with Crippen molar-refractivity contribution in [2.45, 2.75) is 20.8 Å². The molecule has 0 atom stereocenters. The fraction of sp³-hybridized carbons (Fsp3) is 0.312. The van der Waals surface area contributed by atoms with E-state index in [1.807, 2.05) is 30.3 Å². The summed E-state index contributed by atoms with van der Waals surface area (Å²) in [5, 5.41) is 9.64. The SMILES string of the molecule is CCOP(=O)(OCC)c1cn(-c2ccccc2)c(C)c1C(=O)O. The highest BCUT2D eigenvalue weighted by molar-refractivity contribution is 7.62. The lowest BCUT2D eigenvalue weighted by Crippen LogP contribution is -2.17. The first-order chi connectivity index (χ1) is 10.9. The van der Waals surface area contributed by atoms with Gasteiger partial charge < -0.3 is 18.7 Å². The minimum Gasteiger partial charge on any atom is -0.478 e. The smallest absolute Gasteiger partial charge is 0.363 e. The summed E-state index contributed by atoms with van der Waals surface area (Å²) < 4.78 is 25.3. The average molecular weight is 337 g/mol. The van der Waals surface area contributed by atoms with Crippen molar-refractivity contribution in [3.63, 3.8) is 0 Å². The third-order valence-corrected chi connectivity index (χ3v) is 5.50. The summed E-state index contributed by atoms with van der Waals surface area (Å²) in [5.41, 5.74) is 1.20. The molecule has 1 N–H and O–H groups in total. The van der Waals surface area contributed by atoms with E-state index in [1.54, 1.807) is 25.3 Å². The fourth-order valence-electron chi connectivity index (χ4n) is 2.43. The molecule has 0 fully saturated rings. The molecule has 0 aliphatic carbocycles. The van der Waals surface area contributed by atoms with Gasteiger partial charge in [0.05, 0.1) is 24.1 Å². The number of hydrogen-bond acceptors (Lipinski definition) is 4. The summed E-state index contributed by atoms with van der Waals surface area (Å²) in [6.45, 7) is 5.36. The third-order valence-electron chi connectivity index (χ3n) is 3.37. The maximum atomic E-state index is 13.0. The van der Waals surface area contributed by atoms with Crippen LogP contribution in [-0.4, -0.2) is 28.9 Å². The van der Waals surface area contributed by atoms with Gasteiger partial charge in [0.1, 0.15) is 0 Å². The van der Waals surface area contributed by atoms with Crippen molar-refractivity contribution in [2.24, 2.45) is 0 Å². The number of nitrogens with zero attached hydrogens (tertiary/aromatic N) is 1. The van der Waals surface area contributed by atoms with Crippen LogP contribution in [0.3, 0.4) is 0 Å². The molecule has 23 heavy (non-hydrogen) atoms. The first-order valence-corrected chi connectivity index (χ1v) is 8.89. The molecule has 7 heteroatoms. The first kappa shape index (κ1) is 17.5. The molecule has 0 radical (unpaired) electrons. The number of aromatic nitrogens is 1. The summed E-state index contributed by atoms with van der Waals surface area (Å²) in [5.74, 6) is -1.16. The van der Waals surface area contributed by atoms with Gasteiger partial charge in [0, 0.05) is 17.6 Å². The largest absolute Gasteiger partial charge is 0.478 e. The molecule has 0 spiro atoms. The normalized spacial score (nSPS) is 11.6. The van der Waals surface area contributed by atoms with E-state index in [0.29, 0.717) is 5.69 Å². The molecule has 1 aromatic heterocycles. The Morgan fingerprint density at radius 1 is 1.17 bits per heavy atom. The van der Waals surface area contributed by atoms with Crippen LogP contribution in [0.5, 0.6) is 0 Å². The van der Waals surface area contributed by atoms with Crippen LogP contribution in [0.1, 0.15) is 29.9 Å². The molecule has 0 saturated heterocycles. The predicted octanol–water partition coefficient (Wildman–Crippen LogP) is 3.38. The molecule has 0 aliphatic heterocycles. The number of rotatable bonds is 7. The second-order valence-electron chi connectivity index (χ2n) is 4.82. The van der Waals surface area contributed by atoms with Crippen molar-refractivity contribution < 1.29 is 23.5 Å². The molecule has 1 aromatic carbocycles. The lowest BCUT2D eigenvalue weighted by atomic mass is 10.2. The van der Waals surface area contributed by atoms with Gasteiger partial charge in [0.15, 0.2) is 0 Å². The quantitative estimate of drug-likeness (QED) is 0.784. The van der Waals surface area contributed by atoms with Crippen LogP contribution in [0.25, 0.3) is 5.69 Å². The molecular weight excluding hydrogens is 317 g/mol. The molecule has 0 amide bonds. The van der Waals surface area contributed by atoms with Crippen molar-refractivity contribution in [1.29, 1.82) is 0 Å². The van der Waals surface area contributed by atoms with Crippen molar-refractivity contribution in [3.8, 4) is 5.69 Å². The lowest BCUT2D eigenvalue weighted by molar-refractivity contribution is 0.0696. The molecule has 124 valence electrons. The molecule has 0 bridgehead atoms. The number of carboxylic acid groups (broad SMARTS) is 1. The number of aromatic carboxylic acids is 1. The standard InChI is InChI=1S/C16H20NO5P/c1-4-21-23(20,22-5-2)14-11-17(12(3)15(14)16(18)19)13-9-7-6-8-10-13/h6-11H,4-5H2,1-3H3,(H,18,19). The second kappa shape index (κ2) is 7.13. The summed E-state index contributed by atoms with van der Waals surface area (Å²) in [4.78, 5) is 11.7. The van der Waals surface area contributed by atoms with Crippen LogP contribution >= 0.6 is 7.60 Å². The predicted molar refractivity (Wildman–Crippen MR) is 88.0 cm³/mol. The van der Waals surface area contributed by atoms with Gasteiger partial charge in [-0.1, -0.05) is 18.2 Å². The number of hydrogen-bond donors (Lipinski definition) is 1. The zero-order valence-electron chi connectivity index (χ0n) is 13.4. The van der Waals surface area contributed by atoms with E-state index in [2.05, 4.69) is 0 Å². The Morgan fingerprint density at radius 3 is 2.22 bits per heavy atom. The Kier molecular flexibility index (Phi) is 5.42. The first-order valence-electron chi connectivity index (χ1n) is 7.35. The van der Waals surface area contributed by atoms with Crippen LogP contribution in [0, 0.1) is 6.92 Å². The Morgan fingerprint density at radius 2 is 1.74 bits per heavy atom. The Balaban J connectivity index is 2.68. The van der Waals surface area contributed by atoms with E-state index >= 15 is 0 Å². The van der Waals surface area contributed by atoms with E-state index in [-0.39, 0.29) is 24.1 Å². The van der Waals surface area contributed by atoms with Gasteiger partial charge in [-0.05, 0) is 32.9 Å². The number of carboxylic acids is 1. The number of carbonyl (C=O) groups is 1. The third kappa shape index (κ3) is 3.39. The highest BCUT2D eigenvalue weighted by Crippen LogP contribution is 2.48. The van der Waals surface area contributed by atoms with Crippen LogP contribution in [0.2, 0.25) is 0 Å². The maximum Gasteiger partial charge on any atom is 0.363 e. The van der Waals surface area contributed by atoms with Crippen LogP contribution < -0.4 is 5.30 Å². The van der Waals surface area contributed by atoms with Crippen molar-refractivity contribution in [1.82, 2.24) is 4.57 Å². The Bertz CT molecular complexity index is 728. The lowest BCUT2D eigenvalue weighted by Gasteiger charge is -2.16. The van der Waals surface area contributed by atoms with E-state index in [1.165, 1.54) is 6.20 Å². The van der Waals surface area contributed by atoms with Crippen LogP contribution in [0.4, 0.5) is 0 Å². The van der Waals surface area contributed by atoms with Gasteiger partial charge in [-0.3, -0.25) is 4.57 Å². The summed E-state index contributed by atoms with van der Waals surface area (Å²) >= 11 is 0. The number of para-hydroxylation sites is 1. The minimum absolute atomic E-state index is 0.0425. The second-order valence-corrected chi connectivity index (χ2v) is 6.81. The van der Waals surface area contributed by atoms with Gasteiger partial charge >= 0.3 is 13.6 Å². The van der Waals surface area contributed by atoms with Crippen molar-refractivity contribution >= 4 is 18.9 Å². The molecule has 6 nitrogen and oxygen atoms in total. The summed E-state index contributed by atoms with van der Waals surface area (Å²) in [6.07, 6.45) is 1.53. The van der Waals surface area contributed by atoms with Gasteiger partial charge in [-0.25, -0.2) is 4.79 Å².